The van der Waals surface area contributed by atoms with Gasteiger partial charge in [0.1, 0.15) is 11.6 Å². The summed E-state index contributed by atoms with van der Waals surface area (Å²) in [6.45, 7) is 3.85. The summed E-state index contributed by atoms with van der Waals surface area (Å²) in [6.07, 6.45) is 2.75. The molecular weight excluding hydrogens is 214 g/mol. The molecule has 1 N–H and O–H groups in total. The minimum absolute atomic E-state index is 0.0711. The van der Waals surface area contributed by atoms with Crippen LogP contribution in [0.5, 0.6) is 5.75 Å². The van der Waals surface area contributed by atoms with Crippen molar-refractivity contribution < 1.29 is 4.74 Å². The maximum atomic E-state index is 8.50. The molecule has 4 heteroatoms. The van der Waals surface area contributed by atoms with Crippen LogP contribution in [0, 0.1) is 11.5 Å². The average Bonchev–Trinajstić information content (AvgIpc) is 2.36. The number of amidine groups is 1. The first-order valence-corrected chi connectivity index (χ1v) is 5.54. The van der Waals surface area contributed by atoms with Gasteiger partial charge in [0.15, 0.2) is 6.19 Å². The van der Waals surface area contributed by atoms with Crippen molar-refractivity contribution in [1.29, 1.82) is 5.26 Å². The molecule has 17 heavy (non-hydrogen) atoms. The Morgan fingerprint density at radius 2 is 2.12 bits per heavy atom. The van der Waals surface area contributed by atoms with Gasteiger partial charge in [0.25, 0.3) is 0 Å². The van der Waals surface area contributed by atoms with Crippen LogP contribution in [0.4, 0.5) is 0 Å². The minimum atomic E-state index is 0.0711. The highest BCUT2D eigenvalue weighted by Crippen LogP contribution is 2.23. The lowest BCUT2D eigenvalue weighted by molar-refractivity contribution is 0.414. The predicted octanol–water partition coefficient (Wildman–Crippen LogP) is 2.64. The van der Waals surface area contributed by atoms with Crippen molar-refractivity contribution in [2.24, 2.45) is 4.99 Å². The summed E-state index contributed by atoms with van der Waals surface area (Å²) < 4.78 is 5.11. The zero-order chi connectivity index (χ0) is 12.7. The second-order valence-corrected chi connectivity index (χ2v) is 3.65. The van der Waals surface area contributed by atoms with E-state index in [4.69, 9.17) is 10.00 Å². The topological polar surface area (TPSA) is 57.4 Å². The van der Waals surface area contributed by atoms with Gasteiger partial charge in [0.2, 0.25) is 0 Å². The van der Waals surface area contributed by atoms with Crippen LogP contribution in [0.3, 0.4) is 0 Å². The molecule has 0 aromatic heterocycles. The van der Waals surface area contributed by atoms with Gasteiger partial charge in [-0.3, -0.25) is 10.3 Å². The number of hydrogen-bond acceptors (Lipinski definition) is 3. The van der Waals surface area contributed by atoms with E-state index in [0.717, 1.165) is 17.7 Å². The van der Waals surface area contributed by atoms with Crippen molar-refractivity contribution in [3.05, 3.63) is 29.8 Å². The fourth-order valence-electron chi connectivity index (χ4n) is 1.57. The van der Waals surface area contributed by atoms with E-state index in [1.165, 1.54) is 0 Å². The Morgan fingerprint density at radius 3 is 2.59 bits per heavy atom. The third kappa shape index (κ3) is 3.80. The Kier molecular flexibility index (Phi) is 5.02. The summed E-state index contributed by atoms with van der Waals surface area (Å²) in [5.74, 6) is 1.47. The van der Waals surface area contributed by atoms with Crippen LogP contribution >= 0.6 is 0 Å². The molecule has 1 atom stereocenters. The van der Waals surface area contributed by atoms with Crippen molar-refractivity contribution >= 4 is 5.84 Å². The molecule has 1 aromatic carbocycles. The number of rotatable bonds is 4. The normalized spacial score (nSPS) is 12.7. The third-order valence-corrected chi connectivity index (χ3v) is 2.47. The van der Waals surface area contributed by atoms with Gasteiger partial charge in [-0.2, -0.15) is 5.26 Å². The summed E-state index contributed by atoms with van der Waals surface area (Å²) in [6, 6.07) is 7.90. The van der Waals surface area contributed by atoms with Crippen molar-refractivity contribution in [2.75, 3.05) is 7.11 Å². The van der Waals surface area contributed by atoms with Crippen LogP contribution in [0.15, 0.2) is 29.3 Å². The monoisotopic (exact) mass is 231 g/mol. The number of ether oxygens (including phenoxy) is 1. The van der Waals surface area contributed by atoms with Crippen molar-refractivity contribution in [1.82, 2.24) is 5.32 Å². The number of benzene rings is 1. The van der Waals surface area contributed by atoms with Gasteiger partial charge in [0.05, 0.1) is 13.2 Å². The molecule has 0 saturated heterocycles. The number of methoxy groups -OCH3 is 1. The van der Waals surface area contributed by atoms with Gasteiger partial charge in [0, 0.05) is 0 Å². The Hall–Kier alpha value is -2.02. The number of nitrogens with one attached hydrogen (secondary N) is 1. The second kappa shape index (κ2) is 6.54. The summed E-state index contributed by atoms with van der Waals surface area (Å²) in [7, 11) is 1.64. The molecule has 4 nitrogen and oxygen atoms in total. The smallest absolute Gasteiger partial charge is 0.182 e. The van der Waals surface area contributed by atoms with E-state index in [2.05, 4.69) is 17.2 Å². The van der Waals surface area contributed by atoms with Gasteiger partial charge in [-0.25, -0.2) is 0 Å². The van der Waals surface area contributed by atoms with Crippen LogP contribution in [0.2, 0.25) is 0 Å². The number of nitrogens with zero attached hydrogens (tertiary/aromatic N) is 2. The largest absolute Gasteiger partial charge is 0.497 e. The molecule has 1 aromatic rings. The van der Waals surface area contributed by atoms with Crippen LogP contribution in [-0.2, 0) is 0 Å². The molecule has 1 rings (SSSR count). The van der Waals surface area contributed by atoms with Gasteiger partial charge in [-0.15, -0.1) is 0 Å². The summed E-state index contributed by atoms with van der Waals surface area (Å²) in [4.78, 5) is 4.45. The highest BCUT2D eigenvalue weighted by molar-refractivity contribution is 5.81. The average molecular weight is 231 g/mol. The van der Waals surface area contributed by atoms with Crippen LogP contribution < -0.4 is 10.1 Å². The zero-order valence-electron chi connectivity index (χ0n) is 10.4. The van der Waals surface area contributed by atoms with E-state index < -0.39 is 0 Å². The molecular formula is C13H17N3O. The molecule has 0 aliphatic carbocycles. The summed E-state index contributed by atoms with van der Waals surface area (Å²) in [5, 5.41) is 11.0. The summed E-state index contributed by atoms with van der Waals surface area (Å²) >= 11 is 0. The van der Waals surface area contributed by atoms with E-state index in [1.54, 1.807) is 14.0 Å². The Labute approximate surface area is 102 Å². The molecule has 0 aliphatic rings. The van der Waals surface area contributed by atoms with E-state index in [9.17, 15) is 0 Å². The van der Waals surface area contributed by atoms with Crippen LogP contribution in [0.1, 0.15) is 31.9 Å². The lowest BCUT2D eigenvalue weighted by Gasteiger charge is -2.12. The number of hydrogen-bond donors (Lipinski definition) is 1. The Bertz CT molecular complexity index is 417. The highest BCUT2D eigenvalue weighted by atomic mass is 16.5. The highest BCUT2D eigenvalue weighted by Gasteiger charge is 2.07. The van der Waals surface area contributed by atoms with Crippen molar-refractivity contribution in [3.63, 3.8) is 0 Å². The molecule has 0 radical (unpaired) electrons. The van der Waals surface area contributed by atoms with E-state index in [-0.39, 0.29) is 6.04 Å². The van der Waals surface area contributed by atoms with E-state index in [0.29, 0.717) is 5.84 Å². The molecule has 0 unspecified atom stereocenters. The number of aliphatic imine (C=N–C) groups is 1. The van der Waals surface area contributed by atoms with Gasteiger partial charge >= 0.3 is 0 Å². The molecule has 0 amide bonds. The maximum absolute atomic E-state index is 8.50. The van der Waals surface area contributed by atoms with Crippen molar-refractivity contribution in [3.8, 4) is 11.9 Å². The number of nitriles is 1. The second-order valence-electron chi connectivity index (χ2n) is 3.65. The summed E-state index contributed by atoms with van der Waals surface area (Å²) in [5.41, 5.74) is 1.12. The molecule has 0 aliphatic heterocycles. The fourth-order valence-corrected chi connectivity index (χ4v) is 1.57. The SMILES string of the molecule is CC[C@H](N=C(C)NC#N)c1ccc(OC)cc1. The molecule has 0 saturated carbocycles. The Morgan fingerprint density at radius 1 is 1.47 bits per heavy atom. The van der Waals surface area contributed by atoms with E-state index >= 15 is 0 Å². The lowest BCUT2D eigenvalue weighted by Crippen LogP contribution is -2.14. The maximum Gasteiger partial charge on any atom is 0.182 e. The van der Waals surface area contributed by atoms with Gasteiger partial charge < -0.3 is 4.74 Å². The predicted molar refractivity (Wildman–Crippen MR) is 67.9 cm³/mol. The van der Waals surface area contributed by atoms with Crippen LogP contribution in [0.25, 0.3) is 0 Å². The molecule has 0 fully saturated rings. The van der Waals surface area contributed by atoms with E-state index in [1.807, 2.05) is 30.5 Å². The fraction of sp³-hybridized carbons (Fsp3) is 0.385. The van der Waals surface area contributed by atoms with Gasteiger partial charge in [-0.05, 0) is 31.0 Å². The first kappa shape index (κ1) is 13.0. The molecule has 0 bridgehead atoms. The third-order valence-electron chi connectivity index (χ3n) is 2.47. The first-order chi connectivity index (χ1) is 8.21. The Balaban J connectivity index is 2.86. The molecule has 90 valence electrons. The first-order valence-electron chi connectivity index (χ1n) is 5.54. The molecule has 0 spiro atoms. The standard InChI is InChI=1S/C13H17N3O/c1-4-13(16-10(2)15-9-14)11-5-7-12(17-3)8-6-11/h5-8,13H,4H2,1-3H3,(H,15,16)/t13-/m0/s1. The zero-order valence-corrected chi connectivity index (χ0v) is 10.4. The van der Waals surface area contributed by atoms with Gasteiger partial charge in [-0.1, -0.05) is 19.1 Å². The minimum Gasteiger partial charge on any atom is -0.497 e. The van der Waals surface area contributed by atoms with Crippen molar-refractivity contribution in [2.45, 2.75) is 26.3 Å². The molecule has 0 heterocycles. The van der Waals surface area contributed by atoms with Crippen LogP contribution in [-0.4, -0.2) is 12.9 Å². The quantitative estimate of drug-likeness (QED) is 0.375. The lowest BCUT2D eigenvalue weighted by atomic mass is 10.1.